The van der Waals surface area contributed by atoms with Crippen LogP contribution in [0, 0.1) is 0 Å². The molecule has 2 N–H and O–H groups in total. The van der Waals surface area contributed by atoms with E-state index in [2.05, 4.69) is 6.58 Å². The fourth-order valence-electron chi connectivity index (χ4n) is 1.82. The molecule has 0 aliphatic rings. The van der Waals surface area contributed by atoms with E-state index in [1.807, 2.05) is 48.5 Å². The summed E-state index contributed by atoms with van der Waals surface area (Å²) in [5, 5.41) is 20.2. The van der Waals surface area contributed by atoms with Crippen LogP contribution in [0.1, 0.15) is 5.56 Å². The Morgan fingerprint density at radius 3 is 2.05 bits per heavy atom. The molecule has 0 saturated heterocycles. The minimum atomic E-state index is 0.292. The van der Waals surface area contributed by atoms with Crippen LogP contribution in [0.15, 0.2) is 73.3 Å². The quantitative estimate of drug-likeness (QED) is 0.675. The predicted octanol–water partition coefficient (Wildman–Crippen LogP) is 4.58. The van der Waals surface area contributed by atoms with Gasteiger partial charge in [-0.2, -0.15) is 0 Å². The first-order valence-corrected chi connectivity index (χ1v) is 6.29. The lowest BCUT2D eigenvalue weighted by Gasteiger charge is -1.97. The van der Waals surface area contributed by atoms with Crippen LogP contribution in [0.4, 0.5) is 0 Å². The van der Waals surface area contributed by atoms with Crippen LogP contribution >= 0.6 is 0 Å². The van der Waals surface area contributed by atoms with Crippen LogP contribution in [0.25, 0.3) is 16.8 Å². The van der Waals surface area contributed by atoms with Gasteiger partial charge in [0.1, 0.15) is 11.5 Å². The Hall–Kier alpha value is -2.74. The number of phenolic OH excluding ortho intramolecular Hbond substituents is 2. The molecule has 20 heavy (non-hydrogen) atoms. The monoisotopic (exact) mass is 264 g/mol. The minimum Gasteiger partial charge on any atom is -0.508 e. The summed E-state index contributed by atoms with van der Waals surface area (Å²) in [6.45, 7) is 3.58. The van der Waals surface area contributed by atoms with Crippen LogP contribution in [-0.2, 0) is 0 Å². The second kappa shape index (κ2) is 6.43. The number of rotatable bonds is 1. The maximum atomic E-state index is 9.37. The number of hydrogen-bond acceptors (Lipinski definition) is 2. The maximum Gasteiger partial charge on any atom is 0.123 e. The molecule has 0 aromatic heterocycles. The Balaban J connectivity index is 0.000000151. The molecule has 3 aromatic carbocycles. The van der Waals surface area contributed by atoms with E-state index in [0.29, 0.717) is 11.5 Å². The summed E-state index contributed by atoms with van der Waals surface area (Å²) in [4.78, 5) is 0. The SMILES string of the molecule is C=Cc1ccc(O)cc1.Oc1cccc2ccccc12. The second-order valence-electron chi connectivity index (χ2n) is 4.29. The highest BCUT2D eigenvalue weighted by atomic mass is 16.3. The zero-order valence-electron chi connectivity index (χ0n) is 11.0. The zero-order valence-corrected chi connectivity index (χ0v) is 11.0. The van der Waals surface area contributed by atoms with Gasteiger partial charge >= 0.3 is 0 Å². The predicted molar refractivity (Wildman–Crippen MR) is 83.8 cm³/mol. The molecule has 0 heterocycles. The maximum absolute atomic E-state index is 9.37. The summed E-state index contributed by atoms with van der Waals surface area (Å²) < 4.78 is 0. The Kier molecular flexibility index (Phi) is 4.40. The summed E-state index contributed by atoms with van der Waals surface area (Å²) in [6, 6.07) is 20.2. The number of phenols is 2. The molecular formula is C18H16O2. The summed E-state index contributed by atoms with van der Waals surface area (Å²) >= 11 is 0. The third kappa shape index (κ3) is 3.39. The minimum absolute atomic E-state index is 0.292. The van der Waals surface area contributed by atoms with Gasteiger partial charge in [0, 0.05) is 5.39 Å². The molecule has 0 aliphatic heterocycles. The van der Waals surface area contributed by atoms with Crippen LogP contribution in [0.5, 0.6) is 11.5 Å². The van der Waals surface area contributed by atoms with Gasteiger partial charge in [0.25, 0.3) is 0 Å². The molecule has 0 amide bonds. The molecule has 0 aliphatic carbocycles. The van der Waals surface area contributed by atoms with Crippen LogP contribution in [-0.4, -0.2) is 10.2 Å². The smallest absolute Gasteiger partial charge is 0.123 e. The summed E-state index contributed by atoms with van der Waals surface area (Å²) in [5.41, 5.74) is 1.02. The molecule has 0 unspecified atom stereocenters. The van der Waals surface area contributed by atoms with Crippen molar-refractivity contribution >= 4 is 16.8 Å². The molecule has 0 spiro atoms. The van der Waals surface area contributed by atoms with Crippen molar-refractivity contribution in [2.45, 2.75) is 0 Å². The van der Waals surface area contributed by atoms with Crippen molar-refractivity contribution in [2.75, 3.05) is 0 Å². The van der Waals surface area contributed by atoms with Crippen molar-refractivity contribution in [1.82, 2.24) is 0 Å². The Bertz CT molecular complexity index is 695. The molecule has 2 nitrogen and oxygen atoms in total. The van der Waals surface area contributed by atoms with Gasteiger partial charge in [-0.3, -0.25) is 0 Å². The van der Waals surface area contributed by atoms with Crippen molar-refractivity contribution in [3.8, 4) is 11.5 Å². The van der Waals surface area contributed by atoms with Gasteiger partial charge < -0.3 is 10.2 Å². The van der Waals surface area contributed by atoms with Gasteiger partial charge in [-0.05, 0) is 29.1 Å². The second-order valence-corrected chi connectivity index (χ2v) is 4.29. The highest BCUT2D eigenvalue weighted by Crippen LogP contribution is 2.22. The Morgan fingerprint density at radius 2 is 1.40 bits per heavy atom. The lowest BCUT2D eigenvalue weighted by Crippen LogP contribution is -1.70. The van der Waals surface area contributed by atoms with Crippen molar-refractivity contribution in [1.29, 1.82) is 0 Å². The molecule has 2 heteroatoms. The molecule has 0 fully saturated rings. The number of aromatic hydroxyl groups is 2. The number of hydrogen-bond donors (Lipinski definition) is 2. The van der Waals surface area contributed by atoms with E-state index in [0.717, 1.165) is 16.3 Å². The first-order chi connectivity index (χ1) is 9.70. The normalized spacial score (nSPS) is 9.60. The topological polar surface area (TPSA) is 40.5 Å². The lowest BCUT2D eigenvalue weighted by molar-refractivity contribution is 0.475. The Labute approximate surface area is 118 Å². The molecule has 0 saturated carbocycles. The van der Waals surface area contributed by atoms with Crippen molar-refractivity contribution < 1.29 is 10.2 Å². The van der Waals surface area contributed by atoms with Crippen molar-refractivity contribution in [3.63, 3.8) is 0 Å². The zero-order chi connectivity index (χ0) is 14.4. The Morgan fingerprint density at radius 1 is 0.750 bits per heavy atom. The van der Waals surface area contributed by atoms with Gasteiger partial charge in [-0.1, -0.05) is 61.2 Å². The molecule has 3 aromatic rings. The van der Waals surface area contributed by atoms with Gasteiger partial charge in [0.15, 0.2) is 0 Å². The standard InChI is InChI=1S/C10H8O.C8H8O/c11-10-7-3-5-8-4-1-2-6-9(8)10;1-2-7-3-5-8(9)6-4-7/h1-7,11H;2-6,9H,1H2. The highest BCUT2D eigenvalue weighted by molar-refractivity contribution is 5.87. The van der Waals surface area contributed by atoms with Gasteiger partial charge in [0.2, 0.25) is 0 Å². The number of benzene rings is 3. The fourth-order valence-corrected chi connectivity index (χ4v) is 1.82. The highest BCUT2D eigenvalue weighted by Gasteiger charge is 1.94. The van der Waals surface area contributed by atoms with Gasteiger partial charge in [0.05, 0.1) is 0 Å². The van der Waals surface area contributed by atoms with Crippen LogP contribution < -0.4 is 0 Å². The van der Waals surface area contributed by atoms with E-state index in [9.17, 15) is 5.11 Å². The van der Waals surface area contributed by atoms with Crippen LogP contribution in [0.2, 0.25) is 0 Å². The third-order valence-corrected chi connectivity index (χ3v) is 2.90. The largest absolute Gasteiger partial charge is 0.508 e. The van der Waals surface area contributed by atoms with Gasteiger partial charge in [-0.25, -0.2) is 0 Å². The lowest BCUT2D eigenvalue weighted by atomic mass is 10.1. The van der Waals surface area contributed by atoms with E-state index in [4.69, 9.17) is 5.11 Å². The van der Waals surface area contributed by atoms with E-state index in [-0.39, 0.29) is 0 Å². The molecule has 0 atom stereocenters. The summed E-state index contributed by atoms with van der Waals surface area (Å²) in [7, 11) is 0. The first kappa shape index (κ1) is 13.7. The molecular weight excluding hydrogens is 248 g/mol. The average molecular weight is 264 g/mol. The van der Waals surface area contributed by atoms with Crippen LogP contribution in [0.3, 0.4) is 0 Å². The van der Waals surface area contributed by atoms with Gasteiger partial charge in [-0.15, -0.1) is 0 Å². The third-order valence-electron chi connectivity index (χ3n) is 2.90. The summed E-state index contributed by atoms with van der Waals surface area (Å²) in [5.74, 6) is 0.642. The fraction of sp³-hybridized carbons (Fsp3) is 0. The van der Waals surface area contributed by atoms with Crippen molar-refractivity contribution in [3.05, 3.63) is 78.9 Å². The summed E-state index contributed by atoms with van der Waals surface area (Å²) in [6.07, 6.45) is 1.74. The van der Waals surface area contributed by atoms with E-state index >= 15 is 0 Å². The molecule has 100 valence electrons. The molecule has 0 radical (unpaired) electrons. The number of fused-ring (bicyclic) bond motifs is 1. The average Bonchev–Trinajstić information content (AvgIpc) is 2.49. The molecule has 0 bridgehead atoms. The van der Waals surface area contributed by atoms with E-state index in [1.54, 1.807) is 24.3 Å². The van der Waals surface area contributed by atoms with Crippen molar-refractivity contribution in [2.24, 2.45) is 0 Å². The first-order valence-electron chi connectivity index (χ1n) is 6.29. The van der Waals surface area contributed by atoms with E-state index < -0.39 is 0 Å². The molecule has 3 rings (SSSR count). The van der Waals surface area contributed by atoms with E-state index in [1.165, 1.54) is 0 Å².